The van der Waals surface area contributed by atoms with Crippen LogP contribution in [0.15, 0.2) is 23.6 Å². The van der Waals surface area contributed by atoms with Crippen molar-refractivity contribution < 1.29 is 82.1 Å². The Bertz CT molecular complexity index is 874. The second kappa shape index (κ2) is 7.03. The van der Waals surface area contributed by atoms with Gasteiger partial charge >= 0.3 is 75.1 Å². The van der Waals surface area contributed by atoms with E-state index in [2.05, 4.69) is 9.97 Å². The maximum Gasteiger partial charge on any atom is 1.00 e. The van der Waals surface area contributed by atoms with Crippen LogP contribution in [0.5, 0.6) is 0 Å². The van der Waals surface area contributed by atoms with Gasteiger partial charge < -0.3 is 5.73 Å². The third kappa shape index (κ3) is 3.78. The number of fused-ring (bicyclic) bond motifs is 1. The number of alkyl halides is 3. The first-order valence-corrected chi connectivity index (χ1v) is 7.31. The number of aromatic nitrogens is 2. The van der Waals surface area contributed by atoms with E-state index in [1.54, 1.807) is 25.1 Å². The number of pyridine rings is 1. The van der Waals surface area contributed by atoms with Gasteiger partial charge in [-0.1, -0.05) is 12.1 Å². The Morgan fingerprint density at radius 2 is 1.83 bits per heavy atom. The van der Waals surface area contributed by atoms with Crippen LogP contribution in [0.3, 0.4) is 0 Å². The van der Waals surface area contributed by atoms with E-state index < -0.39 is 11.9 Å². The quantitative estimate of drug-likeness (QED) is 0.567. The van der Waals surface area contributed by atoms with Crippen molar-refractivity contribution in [2.45, 2.75) is 20.0 Å². The molecule has 2 aromatic heterocycles. The number of nitrogens with zero attached hydrogens (tertiary/aromatic N) is 2. The SMILES string of the molecule is Cc1cc(-c2nc(C(F)(F)F)cs2)nc2c(C)c([NH-])ccc12.[Cs+]. The number of hydrogen-bond acceptors (Lipinski definition) is 3. The average molecular weight is 455 g/mol. The van der Waals surface area contributed by atoms with Crippen LogP contribution < -0.4 is 68.9 Å². The Kier molecular flexibility index (Phi) is 5.87. The van der Waals surface area contributed by atoms with E-state index >= 15 is 0 Å². The van der Waals surface area contributed by atoms with Crippen LogP contribution >= 0.6 is 11.3 Å². The van der Waals surface area contributed by atoms with Crippen molar-refractivity contribution in [3.8, 4) is 10.7 Å². The Labute approximate surface area is 193 Å². The number of nitrogens with one attached hydrogen (secondary N) is 1. The Hall–Kier alpha value is -0.0981. The topological polar surface area (TPSA) is 49.6 Å². The fourth-order valence-electron chi connectivity index (χ4n) is 2.23. The van der Waals surface area contributed by atoms with Gasteiger partial charge in [0.1, 0.15) is 5.01 Å². The summed E-state index contributed by atoms with van der Waals surface area (Å²) < 4.78 is 38.0. The molecule has 23 heavy (non-hydrogen) atoms. The summed E-state index contributed by atoms with van der Waals surface area (Å²) in [5.41, 5.74) is 9.91. The van der Waals surface area contributed by atoms with Crippen LogP contribution in [-0.2, 0) is 6.18 Å². The third-order valence-corrected chi connectivity index (χ3v) is 4.32. The molecular weight excluding hydrogens is 444 g/mol. The molecule has 0 aliphatic heterocycles. The van der Waals surface area contributed by atoms with Crippen molar-refractivity contribution in [3.05, 3.63) is 46.1 Å². The van der Waals surface area contributed by atoms with Gasteiger partial charge in [0.25, 0.3) is 0 Å². The van der Waals surface area contributed by atoms with Crippen molar-refractivity contribution in [3.63, 3.8) is 0 Å². The first-order chi connectivity index (χ1) is 10.3. The molecule has 0 amide bonds. The van der Waals surface area contributed by atoms with Crippen molar-refractivity contribution in [1.29, 1.82) is 0 Å². The van der Waals surface area contributed by atoms with Gasteiger partial charge in [-0.25, -0.2) is 9.97 Å². The van der Waals surface area contributed by atoms with Gasteiger partial charge in [-0.15, -0.1) is 17.0 Å². The van der Waals surface area contributed by atoms with E-state index in [0.29, 0.717) is 22.5 Å². The number of aryl methyl sites for hydroxylation is 2. The molecule has 0 fully saturated rings. The molecule has 3 aromatic rings. The molecule has 0 radical (unpaired) electrons. The maximum absolute atomic E-state index is 12.7. The molecule has 3 nitrogen and oxygen atoms in total. The summed E-state index contributed by atoms with van der Waals surface area (Å²) >= 11 is 0.916. The van der Waals surface area contributed by atoms with Crippen LogP contribution in [0, 0.1) is 13.8 Å². The fraction of sp³-hybridized carbons (Fsp3) is 0.200. The monoisotopic (exact) mass is 455 g/mol. The van der Waals surface area contributed by atoms with E-state index in [4.69, 9.17) is 5.73 Å². The van der Waals surface area contributed by atoms with Crippen LogP contribution in [-0.4, -0.2) is 9.97 Å². The van der Waals surface area contributed by atoms with Crippen LogP contribution in [0.25, 0.3) is 27.3 Å². The number of thiazole rings is 1. The molecule has 0 aliphatic rings. The molecule has 3 rings (SSSR count). The molecule has 0 spiro atoms. The Balaban J connectivity index is 0.00000192. The summed E-state index contributed by atoms with van der Waals surface area (Å²) in [6.07, 6.45) is -4.45. The molecule has 0 atom stereocenters. The predicted octanol–water partition coefficient (Wildman–Crippen LogP) is 2.68. The molecule has 1 N–H and O–H groups in total. The van der Waals surface area contributed by atoms with Crippen LogP contribution in [0.4, 0.5) is 18.9 Å². The normalized spacial score (nSPS) is 11.5. The van der Waals surface area contributed by atoms with Gasteiger partial charge in [0.2, 0.25) is 0 Å². The summed E-state index contributed by atoms with van der Waals surface area (Å²) in [6.45, 7) is 3.65. The minimum Gasteiger partial charge on any atom is -0.698 e. The molecule has 8 heteroatoms. The Morgan fingerprint density at radius 1 is 1.13 bits per heavy atom. The Morgan fingerprint density at radius 3 is 2.43 bits per heavy atom. The van der Waals surface area contributed by atoms with Crippen molar-refractivity contribution in [2.24, 2.45) is 0 Å². The fourth-order valence-corrected chi connectivity index (χ4v) is 3.02. The number of benzene rings is 1. The largest absolute Gasteiger partial charge is 1.00 e. The molecule has 0 aliphatic carbocycles. The number of hydrogen-bond donors (Lipinski definition) is 0. The molecule has 0 saturated carbocycles. The van der Waals surface area contributed by atoms with Gasteiger partial charge in [-0.05, 0) is 31.0 Å². The summed E-state index contributed by atoms with van der Waals surface area (Å²) in [6, 6.07) is 5.22. The minimum atomic E-state index is -4.45. The maximum atomic E-state index is 12.7. The van der Waals surface area contributed by atoms with E-state index in [9.17, 15) is 13.2 Å². The number of rotatable bonds is 1. The zero-order chi connectivity index (χ0) is 16.1. The molecule has 0 saturated heterocycles. The minimum absolute atomic E-state index is 0. The smallest absolute Gasteiger partial charge is 0.698 e. The second-order valence-corrected chi connectivity index (χ2v) is 5.85. The zero-order valence-electron chi connectivity index (χ0n) is 12.7. The summed E-state index contributed by atoms with van der Waals surface area (Å²) in [5, 5.41) is 2.11. The standard InChI is InChI=1S/C15H11F3N3S.Cs/c1-7-5-11(14-21-12(6-22-14)15(16,17)18)20-13-8(2)10(19)4-3-9(7)13;/h3-6,19H,1-2H3;/q-1;+1. The van der Waals surface area contributed by atoms with E-state index in [1.165, 1.54) is 0 Å². The van der Waals surface area contributed by atoms with Gasteiger partial charge in [0.15, 0.2) is 5.69 Å². The molecule has 1 aromatic carbocycles. The first kappa shape index (κ1) is 19.2. The van der Waals surface area contributed by atoms with E-state index in [0.717, 1.165) is 27.7 Å². The van der Waals surface area contributed by atoms with Crippen molar-refractivity contribution >= 4 is 27.9 Å². The first-order valence-electron chi connectivity index (χ1n) is 6.43. The molecule has 2 heterocycles. The number of halogens is 3. The average Bonchev–Trinajstić information content (AvgIpc) is 2.93. The van der Waals surface area contributed by atoms with E-state index in [-0.39, 0.29) is 73.9 Å². The van der Waals surface area contributed by atoms with Gasteiger partial charge in [0.05, 0.1) is 11.2 Å². The third-order valence-electron chi connectivity index (χ3n) is 3.46. The van der Waals surface area contributed by atoms with Gasteiger partial charge in [0, 0.05) is 10.8 Å². The van der Waals surface area contributed by atoms with Crippen molar-refractivity contribution in [2.75, 3.05) is 0 Å². The molecule has 0 unspecified atom stereocenters. The summed E-state index contributed by atoms with van der Waals surface area (Å²) in [4.78, 5) is 8.06. The zero-order valence-corrected chi connectivity index (χ0v) is 19.8. The van der Waals surface area contributed by atoms with Crippen molar-refractivity contribution in [1.82, 2.24) is 9.97 Å². The van der Waals surface area contributed by atoms with Crippen LogP contribution in [0.2, 0.25) is 0 Å². The molecule has 0 bridgehead atoms. The molecular formula is C15H11CsF3N3S. The predicted molar refractivity (Wildman–Crippen MR) is 81.3 cm³/mol. The van der Waals surface area contributed by atoms with Gasteiger partial charge in [-0.3, -0.25) is 0 Å². The van der Waals surface area contributed by atoms with Crippen LogP contribution in [0.1, 0.15) is 16.8 Å². The summed E-state index contributed by atoms with van der Waals surface area (Å²) in [7, 11) is 0. The van der Waals surface area contributed by atoms with Gasteiger partial charge in [-0.2, -0.15) is 13.2 Å². The second-order valence-electron chi connectivity index (χ2n) is 4.99. The van der Waals surface area contributed by atoms with E-state index in [1.807, 2.05) is 6.92 Å². The molecule has 114 valence electrons. The summed E-state index contributed by atoms with van der Waals surface area (Å²) in [5.74, 6) is 0.